The molecule has 7 nitrogen and oxygen atoms in total. The zero-order valence-corrected chi connectivity index (χ0v) is 8.30. The van der Waals surface area contributed by atoms with Gasteiger partial charge in [0, 0.05) is 12.7 Å². The molecule has 7 heteroatoms. The van der Waals surface area contributed by atoms with E-state index in [4.69, 9.17) is 0 Å². The minimum absolute atomic E-state index is 0.569. The second-order valence-corrected chi connectivity index (χ2v) is 3.03. The Balaban J connectivity index is 1.83. The van der Waals surface area contributed by atoms with E-state index in [2.05, 4.69) is 35.9 Å². The number of aromatic amines is 1. The molecule has 2 aromatic heterocycles. The molecule has 0 fully saturated rings. The van der Waals surface area contributed by atoms with Gasteiger partial charge in [0.2, 0.25) is 0 Å². The van der Waals surface area contributed by atoms with Crippen LogP contribution in [-0.2, 0) is 13.1 Å². The fraction of sp³-hybridized carbons (Fsp3) is 0.375. The largest absolute Gasteiger partial charge is 0.304 e. The van der Waals surface area contributed by atoms with Crippen LogP contribution in [0.4, 0.5) is 0 Å². The van der Waals surface area contributed by atoms with Crippen LogP contribution in [0.5, 0.6) is 0 Å². The molecule has 0 spiro atoms. The zero-order chi connectivity index (χ0) is 10.5. The van der Waals surface area contributed by atoms with Crippen molar-refractivity contribution in [3.05, 3.63) is 29.6 Å². The molecule has 0 aromatic carbocycles. The number of hydrogen-bond acceptors (Lipinski definition) is 6. The van der Waals surface area contributed by atoms with Gasteiger partial charge in [0.1, 0.15) is 5.82 Å². The van der Waals surface area contributed by atoms with E-state index >= 15 is 0 Å². The lowest BCUT2D eigenvalue weighted by atomic mass is 10.4. The van der Waals surface area contributed by atoms with Crippen molar-refractivity contribution in [1.29, 1.82) is 0 Å². The van der Waals surface area contributed by atoms with Crippen LogP contribution in [0.2, 0.25) is 0 Å². The van der Waals surface area contributed by atoms with Gasteiger partial charge in [-0.3, -0.25) is 0 Å². The van der Waals surface area contributed by atoms with Gasteiger partial charge >= 0.3 is 0 Å². The average Bonchev–Trinajstić information content (AvgIpc) is 2.71. The fourth-order valence-corrected chi connectivity index (χ4v) is 1.16. The Morgan fingerprint density at radius 3 is 3.07 bits per heavy atom. The molecule has 0 unspecified atom stereocenters. The number of tetrazole rings is 1. The highest BCUT2D eigenvalue weighted by molar-refractivity contribution is 5.01. The number of hydrogen-bond donors (Lipinski definition) is 2. The Bertz CT molecular complexity index is 411. The Morgan fingerprint density at radius 2 is 2.33 bits per heavy atom. The van der Waals surface area contributed by atoms with Crippen LogP contribution in [0.15, 0.2) is 12.3 Å². The van der Waals surface area contributed by atoms with Crippen molar-refractivity contribution >= 4 is 0 Å². The summed E-state index contributed by atoms with van der Waals surface area (Å²) in [5.41, 5.74) is 0.950. The van der Waals surface area contributed by atoms with Crippen molar-refractivity contribution < 1.29 is 0 Å². The molecule has 0 saturated heterocycles. The molecule has 0 aliphatic heterocycles. The fourth-order valence-electron chi connectivity index (χ4n) is 1.16. The second kappa shape index (κ2) is 4.56. The first kappa shape index (κ1) is 9.66. The predicted octanol–water partition coefficient (Wildman–Crippen LogP) is -0.412. The molecular weight excluding hydrogens is 194 g/mol. The summed E-state index contributed by atoms with van der Waals surface area (Å²) in [5.74, 6) is 1.41. The minimum Gasteiger partial charge on any atom is -0.304 e. The molecule has 0 saturated carbocycles. The van der Waals surface area contributed by atoms with Gasteiger partial charge < -0.3 is 5.32 Å². The Kier molecular flexibility index (Phi) is 2.93. The predicted molar refractivity (Wildman–Crippen MR) is 51.5 cm³/mol. The number of aryl methyl sites for hydroxylation is 1. The van der Waals surface area contributed by atoms with Crippen molar-refractivity contribution in [1.82, 2.24) is 35.9 Å². The van der Waals surface area contributed by atoms with Crippen molar-refractivity contribution in [2.24, 2.45) is 0 Å². The summed E-state index contributed by atoms with van der Waals surface area (Å²) in [6, 6.07) is 1.87. The first-order valence-electron chi connectivity index (χ1n) is 4.56. The number of aromatic nitrogens is 6. The first-order chi connectivity index (χ1) is 7.34. The minimum atomic E-state index is 0.569. The number of nitrogens with zero attached hydrogens (tertiary/aromatic N) is 5. The van der Waals surface area contributed by atoms with Crippen LogP contribution in [-0.4, -0.2) is 30.6 Å². The van der Waals surface area contributed by atoms with Crippen LogP contribution in [0, 0.1) is 6.92 Å². The number of nitrogens with one attached hydrogen (secondary N) is 2. The zero-order valence-electron chi connectivity index (χ0n) is 8.30. The van der Waals surface area contributed by atoms with E-state index in [1.54, 1.807) is 6.20 Å². The molecule has 0 aliphatic rings. The van der Waals surface area contributed by atoms with Crippen molar-refractivity contribution in [2.45, 2.75) is 20.0 Å². The Morgan fingerprint density at radius 1 is 1.40 bits per heavy atom. The number of H-pyrrole nitrogens is 1. The van der Waals surface area contributed by atoms with Crippen molar-refractivity contribution in [3.63, 3.8) is 0 Å². The molecule has 2 N–H and O–H groups in total. The summed E-state index contributed by atoms with van der Waals surface area (Å²) >= 11 is 0. The maximum Gasteiger partial charge on any atom is 0.188 e. The Labute approximate surface area is 86.3 Å². The normalized spacial score (nSPS) is 10.5. The van der Waals surface area contributed by atoms with E-state index in [0.29, 0.717) is 18.9 Å². The van der Waals surface area contributed by atoms with Crippen LogP contribution in [0.25, 0.3) is 0 Å². The standard InChI is InChI=1S/C8H11N7/c1-6-10-3-2-7(11-6)4-9-5-8-12-14-15-13-8/h2-3,9H,4-5H2,1H3,(H,12,13,14,15). The molecule has 78 valence electrons. The number of rotatable bonds is 4. The van der Waals surface area contributed by atoms with Crippen LogP contribution >= 0.6 is 0 Å². The summed E-state index contributed by atoms with van der Waals surface area (Å²) in [4.78, 5) is 8.27. The highest BCUT2D eigenvalue weighted by atomic mass is 15.5. The van der Waals surface area contributed by atoms with E-state index in [1.165, 1.54) is 0 Å². The third kappa shape index (κ3) is 2.78. The van der Waals surface area contributed by atoms with E-state index in [0.717, 1.165) is 11.5 Å². The van der Waals surface area contributed by atoms with Crippen molar-refractivity contribution in [3.8, 4) is 0 Å². The monoisotopic (exact) mass is 205 g/mol. The molecule has 0 radical (unpaired) electrons. The summed E-state index contributed by atoms with van der Waals surface area (Å²) in [6.45, 7) is 3.10. The van der Waals surface area contributed by atoms with Gasteiger partial charge in [-0.15, -0.1) is 10.2 Å². The molecule has 15 heavy (non-hydrogen) atoms. The quantitative estimate of drug-likeness (QED) is 0.704. The SMILES string of the molecule is Cc1nccc(CNCc2nn[nH]n2)n1. The maximum atomic E-state index is 4.25. The highest BCUT2D eigenvalue weighted by Gasteiger charge is 1.98. The second-order valence-electron chi connectivity index (χ2n) is 3.03. The van der Waals surface area contributed by atoms with Gasteiger partial charge in [-0.25, -0.2) is 9.97 Å². The average molecular weight is 205 g/mol. The molecule has 0 atom stereocenters. The van der Waals surface area contributed by atoms with Crippen LogP contribution < -0.4 is 5.32 Å². The summed E-state index contributed by atoms with van der Waals surface area (Å²) in [5, 5.41) is 16.7. The lowest BCUT2D eigenvalue weighted by Crippen LogP contribution is -2.15. The molecule has 2 heterocycles. The van der Waals surface area contributed by atoms with Crippen molar-refractivity contribution in [2.75, 3.05) is 0 Å². The third-order valence-electron chi connectivity index (χ3n) is 1.81. The highest BCUT2D eigenvalue weighted by Crippen LogP contribution is 1.94. The molecule has 0 bridgehead atoms. The van der Waals surface area contributed by atoms with E-state index in [-0.39, 0.29) is 0 Å². The van der Waals surface area contributed by atoms with Gasteiger partial charge in [0.15, 0.2) is 5.82 Å². The summed E-state index contributed by atoms with van der Waals surface area (Å²) in [6.07, 6.45) is 1.74. The van der Waals surface area contributed by atoms with Gasteiger partial charge in [-0.1, -0.05) is 5.21 Å². The lowest BCUT2D eigenvalue weighted by Gasteiger charge is -2.01. The molecular formula is C8H11N7. The van der Waals surface area contributed by atoms with Gasteiger partial charge in [-0.2, -0.15) is 5.21 Å². The van der Waals surface area contributed by atoms with Crippen LogP contribution in [0.1, 0.15) is 17.3 Å². The van der Waals surface area contributed by atoms with Gasteiger partial charge in [0.25, 0.3) is 0 Å². The smallest absolute Gasteiger partial charge is 0.188 e. The summed E-state index contributed by atoms with van der Waals surface area (Å²) in [7, 11) is 0. The van der Waals surface area contributed by atoms with E-state index in [1.807, 2.05) is 13.0 Å². The molecule has 0 aliphatic carbocycles. The lowest BCUT2D eigenvalue weighted by molar-refractivity contribution is 0.649. The topological polar surface area (TPSA) is 92.3 Å². The Hall–Kier alpha value is -1.89. The third-order valence-corrected chi connectivity index (χ3v) is 1.81. The molecule has 2 rings (SSSR count). The van der Waals surface area contributed by atoms with E-state index in [9.17, 15) is 0 Å². The van der Waals surface area contributed by atoms with E-state index < -0.39 is 0 Å². The first-order valence-corrected chi connectivity index (χ1v) is 4.56. The molecule has 0 amide bonds. The molecule has 2 aromatic rings. The van der Waals surface area contributed by atoms with Gasteiger partial charge in [0.05, 0.1) is 12.2 Å². The van der Waals surface area contributed by atoms with Crippen LogP contribution in [0.3, 0.4) is 0 Å². The summed E-state index contributed by atoms with van der Waals surface area (Å²) < 4.78 is 0. The van der Waals surface area contributed by atoms with Gasteiger partial charge in [-0.05, 0) is 13.0 Å². The maximum absolute atomic E-state index is 4.25.